The summed E-state index contributed by atoms with van der Waals surface area (Å²) < 4.78 is 4.99. The third kappa shape index (κ3) is 4.42. The van der Waals surface area contributed by atoms with Gasteiger partial charge in [0.05, 0.1) is 7.11 Å². The highest BCUT2D eigenvalue weighted by molar-refractivity contribution is 6.07. The molecule has 1 aromatic carbocycles. The molecule has 0 heterocycles. The Labute approximate surface area is 118 Å². The summed E-state index contributed by atoms with van der Waals surface area (Å²) in [6.07, 6.45) is 0.943. The van der Waals surface area contributed by atoms with Crippen LogP contribution >= 0.6 is 0 Å². The number of allylic oxidation sites excluding steroid dienone is 1. The molecule has 5 heteroatoms. The number of rotatable bonds is 4. The molecule has 2 N–H and O–H groups in total. The minimum atomic E-state index is -0.729. The van der Waals surface area contributed by atoms with Gasteiger partial charge in [-0.2, -0.15) is 0 Å². The molecule has 0 spiro atoms. The van der Waals surface area contributed by atoms with Crippen molar-refractivity contribution in [1.29, 1.82) is 0 Å². The molecule has 1 amide bonds. The molecule has 0 aliphatic heterocycles. The largest absolute Gasteiger partial charge is 0.503 e. The smallest absolute Gasteiger partial charge is 0.290 e. The summed E-state index contributed by atoms with van der Waals surface area (Å²) >= 11 is 0. The number of methoxy groups -OCH3 is 1. The summed E-state index contributed by atoms with van der Waals surface area (Å²) in [6.45, 7) is 5.13. The summed E-state index contributed by atoms with van der Waals surface area (Å²) in [5, 5.41) is 12.1. The van der Waals surface area contributed by atoms with Crippen LogP contribution in [-0.4, -0.2) is 23.9 Å². The van der Waals surface area contributed by atoms with E-state index in [0.717, 1.165) is 6.08 Å². The number of hydrogen-bond acceptors (Lipinski definition) is 4. The van der Waals surface area contributed by atoms with Crippen LogP contribution in [0, 0.1) is 5.41 Å². The van der Waals surface area contributed by atoms with Crippen LogP contribution in [0.15, 0.2) is 36.1 Å². The molecule has 0 saturated carbocycles. The van der Waals surface area contributed by atoms with Crippen LogP contribution in [0.3, 0.4) is 0 Å². The maximum absolute atomic E-state index is 11.7. The molecule has 5 nitrogen and oxygen atoms in total. The Morgan fingerprint density at radius 1 is 1.20 bits per heavy atom. The molecule has 0 bridgehead atoms. The number of carbonyl (C=O) groups excluding carboxylic acids is 2. The third-order valence-electron chi connectivity index (χ3n) is 2.59. The van der Waals surface area contributed by atoms with Crippen molar-refractivity contribution in [3.63, 3.8) is 0 Å². The number of benzene rings is 1. The third-order valence-corrected chi connectivity index (χ3v) is 2.59. The molecule has 0 saturated heterocycles. The number of aliphatic hydroxyl groups is 1. The predicted molar refractivity (Wildman–Crippen MR) is 76.8 cm³/mol. The van der Waals surface area contributed by atoms with Gasteiger partial charge in [0.15, 0.2) is 11.5 Å². The van der Waals surface area contributed by atoms with Gasteiger partial charge in [0.1, 0.15) is 5.75 Å². The number of anilines is 1. The van der Waals surface area contributed by atoms with E-state index in [2.05, 4.69) is 5.32 Å². The van der Waals surface area contributed by atoms with E-state index in [1.54, 1.807) is 52.1 Å². The van der Waals surface area contributed by atoms with E-state index in [4.69, 9.17) is 4.74 Å². The van der Waals surface area contributed by atoms with Crippen LogP contribution < -0.4 is 10.1 Å². The van der Waals surface area contributed by atoms with E-state index < -0.39 is 17.1 Å². The SMILES string of the molecule is COc1ccc(NC(=O)/C(O)=C/C(=O)C(C)(C)C)cc1. The van der Waals surface area contributed by atoms with Crippen molar-refractivity contribution in [1.82, 2.24) is 0 Å². The van der Waals surface area contributed by atoms with Crippen LogP contribution in [0.5, 0.6) is 5.75 Å². The number of nitrogens with one attached hydrogen (secondary N) is 1. The van der Waals surface area contributed by atoms with Crippen LogP contribution in [-0.2, 0) is 9.59 Å². The zero-order valence-corrected chi connectivity index (χ0v) is 12.1. The molecule has 0 aliphatic rings. The predicted octanol–water partition coefficient (Wildman–Crippen LogP) is 2.69. The van der Waals surface area contributed by atoms with E-state index in [9.17, 15) is 14.7 Å². The van der Waals surface area contributed by atoms with Crippen molar-refractivity contribution < 1.29 is 19.4 Å². The van der Waals surface area contributed by atoms with Gasteiger partial charge in [-0.3, -0.25) is 9.59 Å². The summed E-state index contributed by atoms with van der Waals surface area (Å²) in [6, 6.07) is 6.62. The van der Waals surface area contributed by atoms with Gasteiger partial charge in [0.25, 0.3) is 5.91 Å². The lowest BCUT2D eigenvalue weighted by Gasteiger charge is -2.13. The molecule has 0 atom stereocenters. The van der Waals surface area contributed by atoms with Gasteiger partial charge in [-0.05, 0) is 24.3 Å². The van der Waals surface area contributed by atoms with E-state index in [1.165, 1.54) is 0 Å². The number of aliphatic hydroxyl groups excluding tert-OH is 1. The molecule has 0 fully saturated rings. The van der Waals surface area contributed by atoms with E-state index in [0.29, 0.717) is 11.4 Å². The first-order valence-corrected chi connectivity index (χ1v) is 6.14. The highest BCUT2D eigenvalue weighted by atomic mass is 16.5. The topological polar surface area (TPSA) is 75.6 Å². The van der Waals surface area contributed by atoms with Crippen LogP contribution in [0.1, 0.15) is 20.8 Å². The van der Waals surface area contributed by atoms with Gasteiger partial charge < -0.3 is 15.2 Å². The van der Waals surface area contributed by atoms with Crippen molar-refractivity contribution >= 4 is 17.4 Å². The molecule has 20 heavy (non-hydrogen) atoms. The first kappa shape index (κ1) is 15.8. The van der Waals surface area contributed by atoms with Crippen molar-refractivity contribution in [2.24, 2.45) is 5.41 Å². The Hall–Kier alpha value is -2.30. The number of ether oxygens (including phenoxy) is 1. The Bertz CT molecular complexity index is 524. The molecular formula is C15H19NO4. The maximum Gasteiger partial charge on any atom is 0.290 e. The normalized spacial score (nSPS) is 11.9. The summed E-state index contributed by atoms with van der Waals surface area (Å²) in [5.74, 6) is -1.00. The Morgan fingerprint density at radius 2 is 1.75 bits per heavy atom. The number of ketones is 1. The summed E-state index contributed by atoms with van der Waals surface area (Å²) in [7, 11) is 1.54. The van der Waals surface area contributed by atoms with Gasteiger partial charge in [-0.1, -0.05) is 20.8 Å². The molecule has 0 aromatic heterocycles. The maximum atomic E-state index is 11.7. The van der Waals surface area contributed by atoms with E-state index >= 15 is 0 Å². The molecular weight excluding hydrogens is 258 g/mol. The quantitative estimate of drug-likeness (QED) is 0.655. The van der Waals surface area contributed by atoms with Crippen LogP contribution in [0.4, 0.5) is 5.69 Å². The molecule has 1 rings (SSSR count). The first-order valence-electron chi connectivity index (χ1n) is 6.14. The molecule has 108 valence electrons. The highest BCUT2D eigenvalue weighted by Gasteiger charge is 2.21. The molecule has 1 aromatic rings. The lowest BCUT2D eigenvalue weighted by molar-refractivity contribution is -0.122. The molecule has 0 radical (unpaired) electrons. The Morgan fingerprint density at radius 3 is 2.20 bits per heavy atom. The van der Waals surface area contributed by atoms with Crippen molar-refractivity contribution in [2.45, 2.75) is 20.8 Å². The fourth-order valence-electron chi connectivity index (χ4n) is 1.28. The highest BCUT2D eigenvalue weighted by Crippen LogP contribution is 2.17. The van der Waals surface area contributed by atoms with Crippen molar-refractivity contribution in [2.75, 3.05) is 12.4 Å². The van der Waals surface area contributed by atoms with Crippen molar-refractivity contribution in [3.05, 3.63) is 36.1 Å². The van der Waals surface area contributed by atoms with Crippen molar-refractivity contribution in [3.8, 4) is 5.75 Å². The second-order valence-corrected chi connectivity index (χ2v) is 5.33. The number of carbonyl (C=O) groups is 2. The average Bonchev–Trinajstić information content (AvgIpc) is 2.38. The number of hydrogen-bond donors (Lipinski definition) is 2. The fourth-order valence-corrected chi connectivity index (χ4v) is 1.28. The number of amides is 1. The standard InChI is InChI=1S/C15H19NO4/c1-15(2,3)13(18)9-12(17)14(19)16-10-5-7-11(20-4)8-6-10/h5-9,17H,1-4H3,(H,16,19)/b12-9-. The average molecular weight is 277 g/mol. The summed E-state index contributed by atoms with van der Waals surface area (Å²) in [4.78, 5) is 23.4. The molecule has 0 aliphatic carbocycles. The Kier molecular flexibility index (Phi) is 4.91. The molecule has 0 unspecified atom stereocenters. The summed E-state index contributed by atoms with van der Waals surface area (Å²) in [5.41, 5.74) is -0.145. The zero-order chi connectivity index (χ0) is 15.3. The first-order chi connectivity index (χ1) is 9.24. The monoisotopic (exact) mass is 277 g/mol. The lowest BCUT2D eigenvalue weighted by atomic mass is 9.90. The minimum absolute atomic E-state index is 0.320. The van der Waals surface area contributed by atoms with Crippen LogP contribution in [0.2, 0.25) is 0 Å². The van der Waals surface area contributed by atoms with Gasteiger partial charge in [-0.15, -0.1) is 0 Å². The van der Waals surface area contributed by atoms with E-state index in [1.807, 2.05) is 0 Å². The second-order valence-electron chi connectivity index (χ2n) is 5.33. The zero-order valence-electron chi connectivity index (χ0n) is 12.1. The van der Waals surface area contributed by atoms with E-state index in [-0.39, 0.29) is 5.78 Å². The second kappa shape index (κ2) is 6.23. The Balaban J connectivity index is 2.75. The minimum Gasteiger partial charge on any atom is -0.503 e. The van der Waals surface area contributed by atoms with Gasteiger partial charge in [0, 0.05) is 17.2 Å². The fraction of sp³-hybridized carbons (Fsp3) is 0.333. The van der Waals surface area contributed by atoms with Crippen LogP contribution in [0.25, 0.3) is 0 Å². The lowest BCUT2D eigenvalue weighted by Crippen LogP contribution is -2.21. The van der Waals surface area contributed by atoms with Gasteiger partial charge >= 0.3 is 0 Å². The van der Waals surface area contributed by atoms with Gasteiger partial charge in [0.2, 0.25) is 0 Å². The van der Waals surface area contributed by atoms with Gasteiger partial charge in [-0.25, -0.2) is 0 Å².